The van der Waals surface area contributed by atoms with Gasteiger partial charge in [-0.25, -0.2) is 0 Å². The first-order chi connectivity index (χ1) is 11.4. The van der Waals surface area contributed by atoms with Gasteiger partial charge in [0, 0.05) is 16.1 Å². The Morgan fingerprint density at radius 3 is 2.29 bits per heavy atom. The Bertz CT molecular complexity index is 700. The van der Waals surface area contributed by atoms with Crippen LogP contribution in [-0.2, 0) is 21.9 Å². The number of halogens is 2. The van der Waals surface area contributed by atoms with Crippen molar-refractivity contribution in [3.05, 3.63) is 59.7 Å². The largest absolute Gasteiger partial charge is 0.327 e. The summed E-state index contributed by atoms with van der Waals surface area (Å²) in [6, 6.07) is 12.7. The van der Waals surface area contributed by atoms with Crippen molar-refractivity contribution in [1.29, 1.82) is 0 Å². The molecule has 0 aromatic heterocycles. The molecule has 1 amide bonds. The van der Waals surface area contributed by atoms with Gasteiger partial charge >= 0.3 is 5.92 Å². The molecule has 0 unspecified atom stereocenters. The summed E-state index contributed by atoms with van der Waals surface area (Å²) in [5.41, 5.74) is 0.875. The van der Waals surface area contributed by atoms with Crippen molar-refractivity contribution in [1.82, 2.24) is 0 Å². The van der Waals surface area contributed by atoms with Gasteiger partial charge in [-0.1, -0.05) is 31.2 Å². The van der Waals surface area contributed by atoms with Crippen LogP contribution >= 0.6 is 11.8 Å². The molecule has 6 heteroatoms. The fraction of sp³-hybridized carbons (Fsp3) is 0.222. The molecule has 0 saturated heterocycles. The molecule has 0 aliphatic heterocycles. The monoisotopic (exact) mass is 349 g/mol. The summed E-state index contributed by atoms with van der Waals surface area (Å²) >= 11 is 1.72. The number of benzene rings is 2. The first kappa shape index (κ1) is 18.1. The van der Waals surface area contributed by atoms with Crippen molar-refractivity contribution in [2.24, 2.45) is 0 Å². The minimum atomic E-state index is -3.51. The molecule has 0 bridgehead atoms. The van der Waals surface area contributed by atoms with Crippen molar-refractivity contribution in [3.63, 3.8) is 0 Å². The Hall–Kier alpha value is -2.21. The van der Waals surface area contributed by atoms with Crippen molar-refractivity contribution >= 4 is 29.6 Å². The third-order valence-corrected chi connectivity index (χ3v) is 4.19. The number of hydrogen-bond acceptors (Lipinski definition) is 3. The topological polar surface area (TPSA) is 46.2 Å². The van der Waals surface area contributed by atoms with E-state index in [4.69, 9.17) is 0 Å². The highest BCUT2D eigenvalue weighted by molar-refractivity contribution is 7.99. The zero-order valence-corrected chi connectivity index (χ0v) is 13.9. The van der Waals surface area contributed by atoms with E-state index >= 15 is 0 Å². The molecule has 0 aliphatic rings. The van der Waals surface area contributed by atoms with E-state index in [1.165, 1.54) is 12.1 Å². The summed E-state index contributed by atoms with van der Waals surface area (Å²) in [6.45, 7) is 2.07. The van der Waals surface area contributed by atoms with Crippen LogP contribution in [0.25, 0.3) is 0 Å². The number of rotatable bonds is 7. The normalized spacial score (nSPS) is 11.1. The molecule has 24 heavy (non-hydrogen) atoms. The molecule has 0 aliphatic carbocycles. The SMILES string of the molecule is CCSc1ccc(CC(=O)Nc2ccc(C(F)(F)C=O)cc2)cc1. The summed E-state index contributed by atoms with van der Waals surface area (Å²) in [5.74, 6) is -2.76. The van der Waals surface area contributed by atoms with Crippen molar-refractivity contribution in [2.45, 2.75) is 24.2 Å². The van der Waals surface area contributed by atoms with E-state index in [9.17, 15) is 18.4 Å². The maximum atomic E-state index is 13.2. The molecule has 0 radical (unpaired) electrons. The Morgan fingerprint density at radius 2 is 1.75 bits per heavy atom. The quantitative estimate of drug-likeness (QED) is 0.600. The van der Waals surface area contributed by atoms with E-state index in [1.54, 1.807) is 11.8 Å². The standard InChI is InChI=1S/C18H17F2NO2S/c1-2-24-16-9-3-13(4-10-16)11-17(23)21-15-7-5-14(6-8-15)18(19,20)12-22/h3-10,12H,2,11H2,1H3,(H,21,23). The Kier molecular flexibility index (Phi) is 6.09. The molecule has 126 valence electrons. The minimum Gasteiger partial charge on any atom is -0.326 e. The maximum absolute atomic E-state index is 13.2. The molecule has 2 aromatic rings. The molecule has 3 nitrogen and oxygen atoms in total. The van der Waals surface area contributed by atoms with Gasteiger partial charge < -0.3 is 5.32 Å². The molecule has 2 aromatic carbocycles. The van der Waals surface area contributed by atoms with Crippen LogP contribution in [0.4, 0.5) is 14.5 Å². The molecule has 0 saturated carbocycles. The van der Waals surface area contributed by atoms with Crippen LogP contribution in [0.15, 0.2) is 53.4 Å². The number of amides is 1. The molecule has 0 fully saturated rings. The number of carbonyl (C=O) groups excluding carboxylic acids is 2. The highest BCUT2D eigenvalue weighted by atomic mass is 32.2. The molecular formula is C18H17F2NO2S. The second kappa shape index (κ2) is 8.06. The van der Waals surface area contributed by atoms with Gasteiger partial charge in [0.2, 0.25) is 5.91 Å². The molecule has 0 heterocycles. The predicted molar refractivity (Wildman–Crippen MR) is 91.6 cm³/mol. The maximum Gasteiger partial charge on any atom is 0.327 e. The molecule has 2 rings (SSSR count). The summed E-state index contributed by atoms with van der Waals surface area (Å²) < 4.78 is 26.4. The first-order valence-corrected chi connectivity index (χ1v) is 8.39. The zero-order chi connectivity index (χ0) is 17.6. The fourth-order valence-electron chi connectivity index (χ4n) is 2.10. The summed E-state index contributed by atoms with van der Waals surface area (Å²) in [7, 11) is 0. The summed E-state index contributed by atoms with van der Waals surface area (Å²) in [4.78, 5) is 23.5. The number of thioether (sulfide) groups is 1. The number of hydrogen-bond donors (Lipinski definition) is 1. The predicted octanol–water partition coefficient (Wildman–Crippen LogP) is 4.27. The molecule has 0 atom stereocenters. The highest BCUT2D eigenvalue weighted by Gasteiger charge is 2.30. The van der Waals surface area contributed by atoms with Gasteiger partial charge in [-0.3, -0.25) is 9.59 Å². The summed E-state index contributed by atoms with van der Waals surface area (Å²) in [5, 5.41) is 2.65. The highest BCUT2D eigenvalue weighted by Crippen LogP contribution is 2.26. The van der Waals surface area contributed by atoms with Crippen LogP contribution < -0.4 is 5.32 Å². The average molecular weight is 349 g/mol. The number of aldehydes is 1. The minimum absolute atomic E-state index is 0.198. The number of anilines is 1. The van der Waals surface area contributed by atoms with Crippen LogP contribution in [0.5, 0.6) is 0 Å². The number of carbonyl (C=O) groups is 2. The van der Waals surface area contributed by atoms with E-state index < -0.39 is 17.8 Å². The lowest BCUT2D eigenvalue weighted by Crippen LogP contribution is -2.16. The van der Waals surface area contributed by atoms with Crippen LogP contribution in [0.1, 0.15) is 18.1 Å². The van der Waals surface area contributed by atoms with Crippen LogP contribution in [0.2, 0.25) is 0 Å². The van der Waals surface area contributed by atoms with Crippen molar-refractivity contribution < 1.29 is 18.4 Å². The zero-order valence-electron chi connectivity index (χ0n) is 13.1. The fourth-order valence-corrected chi connectivity index (χ4v) is 2.77. The van der Waals surface area contributed by atoms with Gasteiger partial charge in [-0.05, 0) is 35.6 Å². The van der Waals surface area contributed by atoms with Crippen LogP contribution in [0.3, 0.4) is 0 Å². The van der Waals surface area contributed by atoms with E-state index in [2.05, 4.69) is 12.2 Å². The van der Waals surface area contributed by atoms with Gasteiger partial charge in [0.25, 0.3) is 0 Å². The lowest BCUT2D eigenvalue weighted by Gasteiger charge is -2.10. The van der Waals surface area contributed by atoms with Crippen LogP contribution in [0, 0.1) is 0 Å². The van der Waals surface area contributed by atoms with Crippen molar-refractivity contribution in [3.8, 4) is 0 Å². The third-order valence-electron chi connectivity index (χ3n) is 3.30. The molecule has 1 N–H and O–H groups in total. The van der Waals surface area contributed by atoms with E-state index in [-0.39, 0.29) is 12.3 Å². The first-order valence-electron chi connectivity index (χ1n) is 7.41. The Labute approximate surface area is 143 Å². The number of alkyl halides is 2. The van der Waals surface area contributed by atoms with Crippen LogP contribution in [-0.4, -0.2) is 17.9 Å². The summed E-state index contributed by atoms with van der Waals surface area (Å²) in [6.07, 6.45) is -0.204. The van der Waals surface area contributed by atoms with Gasteiger partial charge in [0.1, 0.15) is 0 Å². The van der Waals surface area contributed by atoms with E-state index in [0.717, 1.165) is 28.3 Å². The number of nitrogens with one attached hydrogen (secondary N) is 1. The Morgan fingerprint density at radius 1 is 1.12 bits per heavy atom. The second-order valence-corrected chi connectivity index (χ2v) is 6.46. The lowest BCUT2D eigenvalue weighted by atomic mass is 10.1. The lowest BCUT2D eigenvalue weighted by molar-refractivity contribution is -0.130. The van der Waals surface area contributed by atoms with E-state index in [0.29, 0.717) is 5.69 Å². The van der Waals surface area contributed by atoms with Gasteiger partial charge in [0.15, 0.2) is 6.29 Å². The average Bonchev–Trinajstić information content (AvgIpc) is 2.57. The van der Waals surface area contributed by atoms with Gasteiger partial charge in [-0.15, -0.1) is 11.8 Å². The Balaban J connectivity index is 1.95. The molecule has 0 spiro atoms. The second-order valence-electron chi connectivity index (χ2n) is 5.12. The van der Waals surface area contributed by atoms with Crippen molar-refractivity contribution in [2.75, 3.05) is 11.1 Å². The van der Waals surface area contributed by atoms with E-state index in [1.807, 2.05) is 24.3 Å². The van der Waals surface area contributed by atoms with Gasteiger partial charge in [-0.2, -0.15) is 8.78 Å². The van der Waals surface area contributed by atoms with Gasteiger partial charge in [0.05, 0.1) is 6.42 Å². The third kappa shape index (κ3) is 4.89. The smallest absolute Gasteiger partial charge is 0.326 e. The molecular weight excluding hydrogens is 332 g/mol.